The standard InChI is InChI=1S/C5H5N.C3H8N2O/c1-2-4-6-5-3-1;4-2-1-3(5)6/h1-5H;1-2,4H2,(H2,5,6). The van der Waals surface area contributed by atoms with E-state index in [4.69, 9.17) is 5.73 Å². The second-order valence-electron chi connectivity index (χ2n) is 2.03. The highest BCUT2D eigenvalue weighted by molar-refractivity contribution is 5.73. The fourth-order valence-electron chi connectivity index (χ4n) is 0.455. The molecule has 4 heteroatoms. The molecular weight excluding hydrogens is 154 g/mol. The summed E-state index contributed by atoms with van der Waals surface area (Å²) in [6.45, 7) is 0.356. The van der Waals surface area contributed by atoms with Crippen LogP contribution in [0.15, 0.2) is 30.6 Å². The number of primary amides is 1. The predicted octanol–water partition coefficient (Wildman–Crippen LogP) is -0.0979. The lowest BCUT2D eigenvalue weighted by Crippen LogP contribution is -2.15. The summed E-state index contributed by atoms with van der Waals surface area (Å²) in [6.07, 6.45) is 3.79. The molecule has 0 aliphatic heterocycles. The smallest absolute Gasteiger partial charge is 0.218 e. The van der Waals surface area contributed by atoms with Crippen molar-refractivity contribution in [2.24, 2.45) is 11.5 Å². The van der Waals surface area contributed by atoms with Crippen LogP contribution in [0.25, 0.3) is 0 Å². The minimum absolute atomic E-state index is 0.292. The van der Waals surface area contributed by atoms with Crippen molar-refractivity contribution in [3.05, 3.63) is 30.6 Å². The molecule has 0 aromatic carbocycles. The number of hydrogen-bond acceptors (Lipinski definition) is 3. The molecule has 1 heterocycles. The van der Waals surface area contributed by atoms with Crippen molar-refractivity contribution >= 4 is 5.91 Å². The molecule has 0 fully saturated rings. The van der Waals surface area contributed by atoms with E-state index >= 15 is 0 Å². The SMILES string of the molecule is NCCC(N)=O.c1ccncc1. The van der Waals surface area contributed by atoms with Gasteiger partial charge in [-0.2, -0.15) is 0 Å². The first-order valence-electron chi connectivity index (χ1n) is 3.60. The molecule has 1 rings (SSSR count). The Labute approximate surface area is 71.6 Å². The largest absolute Gasteiger partial charge is 0.370 e. The molecule has 0 unspecified atom stereocenters. The number of aromatic nitrogens is 1. The average molecular weight is 167 g/mol. The molecule has 0 saturated heterocycles. The maximum atomic E-state index is 9.74. The molecule has 0 aliphatic rings. The van der Waals surface area contributed by atoms with Gasteiger partial charge in [-0.05, 0) is 12.1 Å². The van der Waals surface area contributed by atoms with Crippen LogP contribution in [0.1, 0.15) is 6.42 Å². The van der Waals surface area contributed by atoms with E-state index in [2.05, 4.69) is 10.7 Å². The number of rotatable bonds is 2. The molecule has 1 amide bonds. The molecule has 0 bridgehead atoms. The Bertz CT molecular complexity index is 174. The lowest BCUT2D eigenvalue weighted by Gasteiger charge is -1.82. The van der Waals surface area contributed by atoms with Gasteiger partial charge in [0.05, 0.1) is 0 Å². The first-order valence-corrected chi connectivity index (χ1v) is 3.60. The van der Waals surface area contributed by atoms with Crippen LogP contribution >= 0.6 is 0 Å². The fraction of sp³-hybridized carbons (Fsp3) is 0.250. The zero-order valence-electron chi connectivity index (χ0n) is 6.81. The Morgan fingerprint density at radius 2 is 1.83 bits per heavy atom. The van der Waals surface area contributed by atoms with Gasteiger partial charge in [0.2, 0.25) is 5.91 Å². The minimum atomic E-state index is -0.336. The van der Waals surface area contributed by atoms with Crippen molar-refractivity contribution < 1.29 is 4.79 Å². The molecule has 4 N–H and O–H groups in total. The maximum absolute atomic E-state index is 9.74. The highest BCUT2D eigenvalue weighted by atomic mass is 16.1. The second-order valence-corrected chi connectivity index (χ2v) is 2.03. The highest BCUT2D eigenvalue weighted by Crippen LogP contribution is 1.73. The van der Waals surface area contributed by atoms with Crippen molar-refractivity contribution in [2.45, 2.75) is 6.42 Å². The number of carbonyl (C=O) groups is 1. The van der Waals surface area contributed by atoms with E-state index in [9.17, 15) is 4.79 Å². The molecule has 0 atom stereocenters. The Balaban J connectivity index is 0.000000202. The minimum Gasteiger partial charge on any atom is -0.370 e. The van der Waals surface area contributed by atoms with Crippen LogP contribution in [-0.2, 0) is 4.79 Å². The van der Waals surface area contributed by atoms with Gasteiger partial charge in [-0.3, -0.25) is 9.78 Å². The summed E-state index contributed by atoms with van der Waals surface area (Å²) in [5.41, 5.74) is 9.61. The lowest BCUT2D eigenvalue weighted by molar-refractivity contribution is -0.117. The van der Waals surface area contributed by atoms with Crippen molar-refractivity contribution in [2.75, 3.05) is 6.54 Å². The average Bonchev–Trinajstić information content (AvgIpc) is 2.08. The summed E-state index contributed by atoms with van der Waals surface area (Å²) in [4.78, 5) is 13.5. The zero-order chi connectivity index (χ0) is 9.23. The van der Waals surface area contributed by atoms with Gasteiger partial charge < -0.3 is 11.5 Å². The summed E-state index contributed by atoms with van der Waals surface area (Å²) < 4.78 is 0. The first-order chi connectivity index (χ1) is 5.77. The molecule has 0 aliphatic carbocycles. The van der Waals surface area contributed by atoms with Gasteiger partial charge >= 0.3 is 0 Å². The number of nitrogens with two attached hydrogens (primary N) is 2. The van der Waals surface area contributed by atoms with Crippen molar-refractivity contribution in [1.29, 1.82) is 0 Å². The Kier molecular flexibility index (Phi) is 6.78. The Hall–Kier alpha value is -1.42. The fourth-order valence-corrected chi connectivity index (χ4v) is 0.455. The topological polar surface area (TPSA) is 82.0 Å². The Morgan fingerprint density at radius 3 is 1.92 bits per heavy atom. The van der Waals surface area contributed by atoms with E-state index < -0.39 is 0 Å². The van der Waals surface area contributed by atoms with E-state index in [0.717, 1.165) is 0 Å². The number of nitrogens with zero attached hydrogens (tertiary/aromatic N) is 1. The monoisotopic (exact) mass is 167 g/mol. The van der Waals surface area contributed by atoms with Gasteiger partial charge in [0, 0.05) is 25.4 Å². The van der Waals surface area contributed by atoms with Crippen LogP contribution in [-0.4, -0.2) is 17.4 Å². The molecular formula is C8H13N3O. The van der Waals surface area contributed by atoms with Gasteiger partial charge in [-0.1, -0.05) is 6.07 Å². The van der Waals surface area contributed by atoms with E-state index in [1.807, 2.05) is 18.2 Å². The predicted molar refractivity (Wildman–Crippen MR) is 47.1 cm³/mol. The Morgan fingerprint density at radius 1 is 1.25 bits per heavy atom. The van der Waals surface area contributed by atoms with E-state index in [-0.39, 0.29) is 5.91 Å². The van der Waals surface area contributed by atoms with E-state index in [1.54, 1.807) is 12.4 Å². The molecule has 0 radical (unpaired) electrons. The van der Waals surface area contributed by atoms with Crippen molar-refractivity contribution in [3.8, 4) is 0 Å². The molecule has 1 aromatic heterocycles. The van der Waals surface area contributed by atoms with Crippen LogP contribution in [0.2, 0.25) is 0 Å². The van der Waals surface area contributed by atoms with Crippen LogP contribution in [0.4, 0.5) is 0 Å². The quantitative estimate of drug-likeness (QED) is 0.645. The summed E-state index contributed by atoms with van der Waals surface area (Å²) in [6, 6.07) is 5.72. The number of hydrogen-bond donors (Lipinski definition) is 2. The van der Waals surface area contributed by atoms with Gasteiger partial charge in [-0.25, -0.2) is 0 Å². The molecule has 1 aromatic rings. The summed E-state index contributed by atoms with van der Waals surface area (Å²) in [5.74, 6) is -0.336. The van der Waals surface area contributed by atoms with Gasteiger partial charge in [-0.15, -0.1) is 0 Å². The van der Waals surface area contributed by atoms with E-state index in [0.29, 0.717) is 13.0 Å². The van der Waals surface area contributed by atoms with Crippen molar-refractivity contribution in [3.63, 3.8) is 0 Å². The summed E-state index contributed by atoms with van der Waals surface area (Å²) in [7, 11) is 0. The van der Waals surface area contributed by atoms with Crippen LogP contribution in [0.3, 0.4) is 0 Å². The van der Waals surface area contributed by atoms with Crippen LogP contribution < -0.4 is 11.5 Å². The maximum Gasteiger partial charge on any atom is 0.218 e. The molecule has 0 spiro atoms. The highest BCUT2D eigenvalue weighted by Gasteiger charge is 1.84. The number of amides is 1. The normalized spacial score (nSPS) is 8.08. The third-order valence-electron chi connectivity index (χ3n) is 0.957. The number of pyridine rings is 1. The van der Waals surface area contributed by atoms with Crippen molar-refractivity contribution in [1.82, 2.24) is 4.98 Å². The second kappa shape index (κ2) is 7.68. The third-order valence-corrected chi connectivity index (χ3v) is 0.957. The summed E-state index contributed by atoms with van der Waals surface area (Å²) in [5, 5.41) is 0. The zero-order valence-corrected chi connectivity index (χ0v) is 6.81. The first kappa shape index (κ1) is 10.6. The van der Waals surface area contributed by atoms with Crippen LogP contribution in [0.5, 0.6) is 0 Å². The van der Waals surface area contributed by atoms with Gasteiger partial charge in [0.1, 0.15) is 0 Å². The van der Waals surface area contributed by atoms with Crippen LogP contribution in [0, 0.1) is 0 Å². The van der Waals surface area contributed by atoms with Gasteiger partial charge in [0.15, 0.2) is 0 Å². The molecule has 66 valence electrons. The third kappa shape index (κ3) is 8.58. The van der Waals surface area contributed by atoms with E-state index in [1.165, 1.54) is 0 Å². The molecule has 4 nitrogen and oxygen atoms in total. The summed E-state index contributed by atoms with van der Waals surface area (Å²) >= 11 is 0. The number of carbonyl (C=O) groups excluding carboxylic acids is 1. The molecule has 12 heavy (non-hydrogen) atoms. The lowest BCUT2D eigenvalue weighted by atomic mass is 10.4. The van der Waals surface area contributed by atoms with Gasteiger partial charge in [0.25, 0.3) is 0 Å². The molecule has 0 saturated carbocycles.